The van der Waals surface area contributed by atoms with Gasteiger partial charge in [-0.05, 0) is 18.2 Å². The lowest BCUT2D eigenvalue weighted by Gasteiger charge is -2.26. The molecular weight excluding hydrogens is 322 g/mol. The van der Waals surface area contributed by atoms with Gasteiger partial charge in [0.25, 0.3) is 5.91 Å². The molecule has 0 bridgehead atoms. The molecule has 0 unspecified atom stereocenters. The standard InChI is InChI=1S/C17H21N5O3/c18-11-14(12-20-6-9-22-7-4-19-5-8-22)16(23)21-15-3-1-2-13(10-15)17(24)25/h1-3,10,12,19-20H,4-9H2,(H,21,23)(H,24,25)/b14-12-. The number of anilines is 1. The van der Waals surface area contributed by atoms with Gasteiger partial charge in [0.1, 0.15) is 11.6 Å². The van der Waals surface area contributed by atoms with Gasteiger partial charge in [0, 0.05) is 51.2 Å². The largest absolute Gasteiger partial charge is 0.478 e. The summed E-state index contributed by atoms with van der Waals surface area (Å²) >= 11 is 0. The van der Waals surface area contributed by atoms with Crippen molar-refractivity contribution in [2.24, 2.45) is 0 Å². The molecule has 0 radical (unpaired) electrons. The topological polar surface area (TPSA) is 117 Å². The van der Waals surface area contributed by atoms with Gasteiger partial charge in [-0.1, -0.05) is 6.07 Å². The summed E-state index contributed by atoms with van der Waals surface area (Å²) in [6.07, 6.45) is 1.39. The number of aromatic carboxylic acids is 1. The number of piperazine rings is 1. The maximum atomic E-state index is 12.1. The van der Waals surface area contributed by atoms with Crippen molar-refractivity contribution in [3.63, 3.8) is 0 Å². The normalized spacial score (nSPS) is 15.2. The monoisotopic (exact) mass is 343 g/mol. The van der Waals surface area contributed by atoms with Crippen LogP contribution in [0.5, 0.6) is 0 Å². The fraction of sp³-hybridized carbons (Fsp3) is 0.353. The molecule has 8 nitrogen and oxygen atoms in total. The van der Waals surface area contributed by atoms with Gasteiger partial charge in [0.05, 0.1) is 5.56 Å². The fourth-order valence-electron chi connectivity index (χ4n) is 2.41. The first-order chi connectivity index (χ1) is 12.1. The minimum atomic E-state index is -1.08. The summed E-state index contributed by atoms with van der Waals surface area (Å²) in [4.78, 5) is 25.3. The number of carbonyl (C=O) groups excluding carboxylic acids is 1. The smallest absolute Gasteiger partial charge is 0.335 e. The van der Waals surface area contributed by atoms with Gasteiger partial charge < -0.3 is 21.1 Å². The Labute approximate surface area is 146 Å². The number of nitriles is 1. The number of nitrogens with one attached hydrogen (secondary N) is 3. The Bertz CT molecular complexity index is 690. The zero-order valence-corrected chi connectivity index (χ0v) is 13.8. The van der Waals surface area contributed by atoms with Crippen molar-refractivity contribution in [2.75, 3.05) is 44.6 Å². The molecule has 1 fully saturated rings. The average molecular weight is 343 g/mol. The molecule has 1 aromatic rings. The zero-order valence-electron chi connectivity index (χ0n) is 13.8. The van der Waals surface area contributed by atoms with Crippen molar-refractivity contribution in [3.8, 4) is 6.07 Å². The van der Waals surface area contributed by atoms with Crippen molar-refractivity contribution in [3.05, 3.63) is 41.6 Å². The van der Waals surface area contributed by atoms with Gasteiger partial charge in [0.2, 0.25) is 0 Å². The molecule has 0 aromatic heterocycles. The maximum absolute atomic E-state index is 12.1. The molecule has 25 heavy (non-hydrogen) atoms. The molecule has 132 valence electrons. The number of carboxylic acid groups (broad SMARTS) is 1. The molecule has 0 spiro atoms. The fourth-order valence-corrected chi connectivity index (χ4v) is 2.41. The first-order valence-electron chi connectivity index (χ1n) is 8.01. The van der Waals surface area contributed by atoms with E-state index in [4.69, 9.17) is 10.4 Å². The number of nitrogens with zero attached hydrogens (tertiary/aromatic N) is 2. The molecule has 8 heteroatoms. The number of carbonyl (C=O) groups is 2. The first-order valence-corrected chi connectivity index (χ1v) is 8.01. The van der Waals surface area contributed by atoms with Crippen LogP contribution >= 0.6 is 0 Å². The Kier molecular flexibility index (Phi) is 6.95. The highest BCUT2D eigenvalue weighted by Gasteiger charge is 2.11. The Morgan fingerprint density at radius 1 is 1.36 bits per heavy atom. The summed E-state index contributed by atoms with van der Waals surface area (Å²) < 4.78 is 0. The van der Waals surface area contributed by atoms with E-state index >= 15 is 0 Å². The van der Waals surface area contributed by atoms with Crippen LogP contribution in [-0.4, -0.2) is 61.2 Å². The van der Waals surface area contributed by atoms with E-state index < -0.39 is 11.9 Å². The maximum Gasteiger partial charge on any atom is 0.335 e. The second kappa shape index (κ2) is 9.42. The van der Waals surface area contributed by atoms with E-state index in [1.165, 1.54) is 24.4 Å². The second-order valence-corrected chi connectivity index (χ2v) is 5.56. The van der Waals surface area contributed by atoms with Gasteiger partial charge in [-0.3, -0.25) is 9.69 Å². The first kappa shape index (κ1) is 18.4. The van der Waals surface area contributed by atoms with Crippen LogP contribution in [0.3, 0.4) is 0 Å². The minimum absolute atomic E-state index is 0.0643. The molecule has 1 saturated heterocycles. The number of hydrogen-bond donors (Lipinski definition) is 4. The van der Waals surface area contributed by atoms with Crippen LogP contribution in [0.15, 0.2) is 36.0 Å². The van der Waals surface area contributed by atoms with Crippen LogP contribution < -0.4 is 16.0 Å². The lowest BCUT2D eigenvalue weighted by Crippen LogP contribution is -2.45. The Morgan fingerprint density at radius 2 is 2.12 bits per heavy atom. The molecule has 1 aliphatic rings. The Balaban J connectivity index is 1.86. The van der Waals surface area contributed by atoms with Crippen molar-refractivity contribution in [1.29, 1.82) is 5.26 Å². The number of amides is 1. The molecule has 2 rings (SSSR count). The molecule has 1 aromatic carbocycles. The van der Waals surface area contributed by atoms with E-state index in [2.05, 4.69) is 20.9 Å². The Hall–Kier alpha value is -2.89. The predicted molar refractivity (Wildman–Crippen MR) is 93.0 cm³/mol. The van der Waals surface area contributed by atoms with Crippen molar-refractivity contribution < 1.29 is 14.7 Å². The van der Waals surface area contributed by atoms with Crippen LogP contribution in [-0.2, 0) is 4.79 Å². The molecule has 1 aliphatic heterocycles. The van der Waals surface area contributed by atoms with Crippen LogP contribution in [0.4, 0.5) is 5.69 Å². The summed E-state index contributed by atoms with van der Waals surface area (Å²) in [6, 6.07) is 7.71. The van der Waals surface area contributed by atoms with Crippen LogP contribution in [0.1, 0.15) is 10.4 Å². The highest BCUT2D eigenvalue weighted by molar-refractivity contribution is 6.06. The molecule has 0 aliphatic carbocycles. The summed E-state index contributed by atoms with van der Waals surface area (Å²) in [7, 11) is 0. The summed E-state index contributed by atoms with van der Waals surface area (Å²) in [5.74, 6) is -1.67. The van der Waals surface area contributed by atoms with E-state index in [1.807, 2.05) is 6.07 Å². The zero-order chi connectivity index (χ0) is 18.1. The van der Waals surface area contributed by atoms with Crippen molar-refractivity contribution >= 4 is 17.6 Å². The molecule has 1 heterocycles. The summed E-state index contributed by atoms with van der Waals surface area (Å²) in [6.45, 7) is 5.37. The highest BCUT2D eigenvalue weighted by Crippen LogP contribution is 2.11. The van der Waals surface area contributed by atoms with E-state index in [9.17, 15) is 9.59 Å². The molecular formula is C17H21N5O3. The number of rotatable bonds is 7. The second-order valence-electron chi connectivity index (χ2n) is 5.56. The molecule has 0 atom stereocenters. The Morgan fingerprint density at radius 3 is 2.80 bits per heavy atom. The lowest BCUT2D eigenvalue weighted by molar-refractivity contribution is -0.112. The average Bonchev–Trinajstić information content (AvgIpc) is 2.62. The molecule has 4 N–H and O–H groups in total. The minimum Gasteiger partial charge on any atom is -0.478 e. The van der Waals surface area contributed by atoms with Crippen LogP contribution in [0.2, 0.25) is 0 Å². The third-order valence-corrected chi connectivity index (χ3v) is 3.76. The SMILES string of the molecule is N#C/C(=C/NCCN1CCNCC1)C(=O)Nc1cccc(C(=O)O)c1. The van der Waals surface area contributed by atoms with Crippen molar-refractivity contribution in [2.45, 2.75) is 0 Å². The van der Waals surface area contributed by atoms with Gasteiger partial charge in [0.15, 0.2) is 0 Å². The van der Waals surface area contributed by atoms with E-state index in [0.717, 1.165) is 32.7 Å². The molecule has 1 amide bonds. The van der Waals surface area contributed by atoms with Crippen molar-refractivity contribution in [1.82, 2.24) is 15.5 Å². The van der Waals surface area contributed by atoms with E-state index in [0.29, 0.717) is 12.2 Å². The number of benzene rings is 1. The quantitative estimate of drug-likeness (QED) is 0.318. The molecule has 0 saturated carbocycles. The number of hydrogen-bond acceptors (Lipinski definition) is 6. The van der Waals surface area contributed by atoms with E-state index in [1.54, 1.807) is 6.07 Å². The van der Waals surface area contributed by atoms with Crippen LogP contribution in [0.25, 0.3) is 0 Å². The third kappa shape index (κ3) is 5.91. The van der Waals surface area contributed by atoms with Gasteiger partial charge in [-0.2, -0.15) is 5.26 Å². The summed E-state index contributed by atoms with van der Waals surface area (Å²) in [5.41, 5.74) is 0.322. The predicted octanol–water partition coefficient (Wildman–Crippen LogP) is 0.226. The van der Waals surface area contributed by atoms with E-state index in [-0.39, 0.29) is 11.1 Å². The van der Waals surface area contributed by atoms with Crippen LogP contribution in [0, 0.1) is 11.3 Å². The third-order valence-electron chi connectivity index (χ3n) is 3.76. The lowest BCUT2D eigenvalue weighted by atomic mass is 10.2. The summed E-state index contributed by atoms with van der Waals surface area (Å²) in [5, 5.41) is 26.9. The van der Waals surface area contributed by atoms with Gasteiger partial charge >= 0.3 is 5.97 Å². The van der Waals surface area contributed by atoms with Gasteiger partial charge in [-0.15, -0.1) is 0 Å². The number of carboxylic acids is 1. The highest BCUT2D eigenvalue weighted by atomic mass is 16.4. The van der Waals surface area contributed by atoms with Gasteiger partial charge in [-0.25, -0.2) is 4.79 Å².